The van der Waals surface area contributed by atoms with Crippen LogP contribution in [0.1, 0.15) is 12.0 Å². The largest absolute Gasteiger partial charge is 0.411 e. The summed E-state index contributed by atoms with van der Waals surface area (Å²) in [4.78, 5) is 5.92. The first-order valence-corrected chi connectivity index (χ1v) is 5.61. The molecular formula is C11H13FN4O. The van der Waals surface area contributed by atoms with E-state index in [0.29, 0.717) is 12.1 Å². The lowest BCUT2D eigenvalue weighted by Gasteiger charge is -2.29. The summed E-state index contributed by atoms with van der Waals surface area (Å²) in [7, 11) is 0. The molecule has 2 saturated heterocycles. The van der Waals surface area contributed by atoms with Gasteiger partial charge in [0, 0.05) is 25.2 Å². The zero-order valence-corrected chi connectivity index (χ0v) is 9.17. The minimum atomic E-state index is -0.617. The van der Waals surface area contributed by atoms with Crippen LogP contribution >= 0.6 is 0 Å². The van der Waals surface area contributed by atoms with E-state index in [0.717, 1.165) is 31.4 Å². The first-order chi connectivity index (χ1) is 8.28. The van der Waals surface area contributed by atoms with E-state index in [9.17, 15) is 4.39 Å². The van der Waals surface area contributed by atoms with Crippen molar-refractivity contribution in [1.82, 2.24) is 10.3 Å². The Balaban J connectivity index is 1.91. The summed E-state index contributed by atoms with van der Waals surface area (Å²) in [5, 5.41) is 14.7. The zero-order chi connectivity index (χ0) is 11.8. The van der Waals surface area contributed by atoms with Crippen molar-refractivity contribution < 1.29 is 9.60 Å². The third-order valence-electron chi connectivity index (χ3n) is 3.44. The Hall–Kier alpha value is -1.69. The number of hydrogen-bond donors (Lipinski definition) is 2. The van der Waals surface area contributed by atoms with E-state index in [-0.39, 0.29) is 5.56 Å². The second kappa shape index (κ2) is 3.96. The molecule has 2 aliphatic heterocycles. The fourth-order valence-electron chi connectivity index (χ4n) is 2.64. The lowest BCUT2D eigenvalue weighted by atomic mass is 10.2. The molecule has 1 aromatic heterocycles. The van der Waals surface area contributed by atoms with Gasteiger partial charge in [-0.2, -0.15) is 4.39 Å². The smallest absolute Gasteiger partial charge is 0.221 e. The molecule has 0 aliphatic carbocycles. The minimum Gasteiger partial charge on any atom is -0.411 e. The maximum absolute atomic E-state index is 13.3. The highest BCUT2D eigenvalue weighted by atomic mass is 19.1. The molecule has 2 atom stereocenters. The number of fused-ring (bicyclic) bond motifs is 2. The molecule has 0 saturated carbocycles. The predicted octanol–water partition coefficient (Wildman–Crippen LogP) is 0.579. The number of hydrogen-bond acceptors (Lipinski definition) is 5. The van der Waals surface area contributed by atoms with Gasteiger partial charge in [0.2, 0.25) is 5.95 Å². The van der Waals surface area contributed by atoms with Crippen LogP contribution < -0.4 is 10.2 Å². The van der Waals surface area contributed by atoms with Crippen LogP contribution in [0.2, 0.25) is 0 Å². The van der Waals surface area contributed by atoms with Gasteiger partial charge >= 0.3 is 0 Å². The van der Waals surface area contributed by atoms with Gasteiger partial charge in [0.15, 0.2) is 0 Å². The van der Waals surface area contributed by atoms with Crippen LogP contribution in [0.15, 0.2) is 17.4 Å². The number of nitrogens with zero attached hydrogens (tertiary/aromatic N) is 3. The highest BCUT2D eigenvalue weighted by molar-refractivity contribution is 5.80. The molecule has 1 aromatic rings. The van der Waals surface area contributed by atoms with Gasteiger partial charge in [-0.1, -0.05) is 5.16 Å². The third-order valence-corrected chi connectivity index (χ3v) is 3.44. The van der Waals surface area contributed by atoms with Crippen LogP contribution in [-0.2, 0) is 0 Å². The number of halogens is 1. The lowest BCUT2D eigenvalue weighted by molar-refractivity contribution is 0.321. The van der Waals surface area contributed by atoms with Crippen LogP contribution in [0.4, 0.5) is 10.1 Å². The second-order valence-electron chi connectivity index (χ2n) is 4.47. The maximum Gasteiger partial charge on any atom is 0.221 e. The van der Waals surface area contributed by atoms with Crippen molar-refractivity contribution in [3.05, 3.63) is 23.8 Å². The Morgan fingerprint density at radius 2 is 2.53 bits per heavy atom. The molecule has 0 unspecified atom stereocenters. The van der Waals surface area contributed by atoms with Crippen molar-refractivity contribution in [2.75, 3.05) is 18.0 Å². The molecule has 0 aromatic carbocycles. The van der Waals surface area contributed by atoms with Crippen LogP contribution in [0, 0.1) is 5.95 Å². The fraction of sp³-hybridized carbons (Fsp3) is 0.455. The lowest BCUT2D eigenvalue weighted by Crippen LogP contribution is -2.43. The zero-order valence-electron chi connectivity index (χ0n) is 9.17. The van der Waals surface area contributed by atoms with Gasteiger partial charge in [0.25, 0.3) is 0 Å². The summed E-state index contributed by atoms with van der Waals surface area (Å²) in [6, 6.07) is 2.66. The van der Waals surface area contributed by atoms with Gasteiger partial charge in [-0.25, -0.2) is 4.98 Å². The van der Waals surface area contributed by atoms with Crippen molar-refractivity contribution in [3.8, 4) is 0 Å². The molecule has 2 fully saturated rings. The van der Waals surface area contributed by atoms with E-state index in [4.69, 9.17) is 5.21 Å². The number of anilines is 1. The highest BCUT2D eigenvalue weighted by Gasteiger charge is 2.37. The van der Waals surface area contributed by atoms with Gasteiger partial charge in [-0.3, -0.25) is 0 Å². The second-order valence-corrected chi connectivity index (χ2v) is 4.47. The van der Waals surface area contributed by atoms with E-state index >= 15 is 0 Å². The van der Waals surface area contributed by atoms with Gasteiger partial charge in [-0.15, -0.1) is 0 Å². The maximum atomic E-state index is 13.3. The quantitative estimate of drug-likeness (QED) is 0.341. The van der Waals surface area contributed by atoms with Crippen LogP contribution in [0.5, 0.6) is 0 Å². The number of aromatic nitrogens is 1. The predicted molar refractivity (Wildman–Crippen MR) is 61.1 cm³/mol. The molecule has 2 N–H and O–H groups in total. The number of pyridine rings is 1. The average Bonchev–Trinajstić information content (AvgIpc) is 2.94. The SMILES string of the molecule is O/N=C\c1cc(N2C[C@@H]3C[C@H]2CN3)cnc1F. The summed E-state index contributed by atoms with van der Waals surface area (Å²) in [6.07, 6.45) is 3.73. The Kier molecular flexibility index (Phi) is 2.44. The van der Waals surface area contributed by atoms with Crippen LogP contribution in [0.25, 0.3) is 0 Å². The number of oxime groups is 1. The number of piperazine rings is 1. The Morgan fingerprint density at radius 1 is 1.65 bits per heavy atom. The molecule has 0 amide bonds. The molecule has 2 bridgehead atoms. The Bertz CT molecular complexity index is 465. The summed E-state index contributed by atoms with van der Waals surface area (Å²) in [5.74, 6) is -0.617. The first-order valence-electron chi connectivity index (χ1n) is 5.61. The standard InChI is InChI=1S/C11H13FN4O/c12-11-7(3-15-17)1-9(5-14-11)16-6-8-2-10(16)4-13-8/h1,3,5,8,10,13,17H,2,4,6H2/b15-3-/t8-,10-/m0/s1. The molecule has 0 spiro atoms. The van der Waals surface area contributed by atoms with E-state index in [1.54, 1.807) is 6.07 Å². The molecule has 0 radical (unpaired) electrons. The van der Waals surface area contributed by atoms with Gasteiger partial charge < -0.3 is 15.4 Å². The molecule has 3 heterocycles. The normalized spacial score (nSPS) is 27.2. The summed E-state index contributed by atoms with van der Waals surface area (Å²) < 4.78 is 13.3. The van der Waals surface area contributed by atoms with Gasteiger partial charge in [0.1, 0.15) is 0 Å². The van der Waals surface area contributed by atoms with E-state index in [1.165, 1.54) is 6.20 Å². The summed E-state index contributed by atoms with van der Waals surface area (Å²) >= 11 is 0. The first kappa shape index (κ1) is 10.5. The van der Waals surface area contributed by atoms with Gasteiger partial charge in [-0.05, 0) is 12.5 Å². The topological polar surface area (TPSA) is 60.8 Å². The summed E-state index contributed by atoms with van der Waals surface area (Å²) in [5.41, 5.74) is 1.09. The molecule has 17 heavy (non-hydrogen) atoms. The molecule has 5 nitrogen and oxygen atoms in total. The number of rotatable bonds is 2. The molecule has 90 valence electrons. The molecule has 6 heteroatoms. The molecule has 2 aliphatic rings. The van der Waals surface area contributed by atoms with Crippen LogP contribution in [0.3, 0.4) is 0 Å². The third kappa shape index (κ3) is 1.74. The van der Waals surface area contributed by atoms with Gasteiger partial charge in [0.05, 0.1) is 23.7 Å². The van der Waals surface area contributed by atoms with Crippen molar-refractivity contribution in [2.24, 2.45) is 5.16 Å². The number of nitrogens with one attached hydrogen (secondary N) is 1. The molecule has 3 rings (SSSR count). The van der Waals surface area contributed by atoms with E-state index in [1.807, 2.05) is 0 Å². The van der Waals surface area contributed by atoms with Crippen molar-refractivity contribution >= 4 is 11.9 Å². The van der Waals surface area contributed by atoms with Crippen LogP contribution in [-0.4, -0.2) is 41.6 Å². The van der Waals surface area contributed by atoms with E-state index in [2.05, 4.69) is 20.4 Å². The fourth-order valence-corrected chi connectivity index (χ4v) is 2.64. The van der Waals surface area contributed by atoms with Crippen molar-refractivity contribution in [1.29, 1.82) is 0 Å². The minimum absolute atomic E-state index is 0.209. The highest BCUT2D eigenvalue weighted by Crippen LogP contribution is 2.29. The Morgan fingerprint density at radius 3 is 3.18 bits per heavy atom. The molecular weight excluding hydrogens is 223 g/mol. The average molecular weight is 236 g/mol. The van der Waals surface area contributed by atoms with Crippen molar-refractivity contribution in [3.63, 3.8) is 0 Å². The van der Waals surface area contributed by atoms with Crippen molar-refractivity contribution in [2.45, 2.75) is 18.5 Å². The Labute approximate surface area is 97.9 Å². The van der Waals surface area contributed by atoms with E-state index < -0.39 is 5.95 Å². The monoisotopic (exact) mass is 236 g/mol. The summed E-state index contributed by atoms with van der Waals surface area (Å²) in [6.45, 7) is 1.89.